The summed E-state index contributed by atoms with van der Waals surface area (Å²) in [6.07, 6.45) is 4.75. The van der Waals surface area contributed by atoms with Gasteiger partial charge < -0.3 is 10.6 Å². The molecule has 0 aromatic rings. The molecule has 0 heterocycles. The molecule has 2 N–H and O–H groups in total. The molecule has 20 heavy (non-hydrogen) atoms. The van der Waals surface area contributed by atoms with Crippen LogP contribution in [-0.2, 0) is 9.59 Å². The highest BCUT2D eigenvalue weighted by Crippen LogP contribution is 2.09. The Morgan fingerprint density at radius 3 is 1.45 bits per heavy atom. The molecule has 1 aliphatic rings. The van der Waals surface area contributed by atoms with Crippen molar-refractivity contribution in [3.63, 3.8) is 0 Å². The van der Waals surface area contributed by atoms with Gasteiger partial charge in [-0.3, -0.25) is 9.59 Å². The molecule has 1 aliphatic carbocycles. The molecule has 1 rings (SSSR count). The van der Waals surface area contributed by atoms with Crippen molar-refractivity contribution < 1.29 is 9.59 Å². The van der Waals surface area contributed by atoms with Crippen molar-refractivity contribution in [3.8, 4) is 0 Å². The van der Waals surface area contributed by atoms with Crippen molar-refractivity contribution in [2.24, 2.45) is 11.8 Å². The largest absolute Gasteiger partial charge is 0.382 e. The topological polar surface area (TPSA) is 58.2 Å². The number of hydrogen-bond acceptors (Lipinski definition) is 4. The van der Waals surface area contributed by atoms with E-state index in [0.29, 0.717) is 36.3 Å². The Kier molecular flexibility index (Phi) is 6.49. The van der Waals surface area contributed by atoms with E-state index in [1.54, 1.807) is 0 Å². The Bertz CT molecular complexity index is 380. The Labute approximate surface area is 121 Å². The highest BCUT2D eigenvalue weighted by molar-refractivity contribution is 6.19. The molecule has 0 aliphatic heterocycles. The van der Waals surface area contributed by atoms with Crippen LogP contribution in [0.25, 0.3) is 0 Å². The molecule has 0 unspecified atom stereocenters. The normalized spacial score (nSPS) is 15.5. The van der Waals surface area contributed by atoms with E-state index in [2.05, 4.69) is 38.3 Å². The summed E-state index contributed by atoms with van der Waals surface area (Å²) in [5.41, 5.74) is 0.815. The Morgan fingerprint density at radius 1 is 0.800 bits per heavy atom. The van der Waals surface area contributed by atoms with Crippen molar-refractivity contribution in [3.05, 3.63) is 23.5 Å². The lowest BCUT2D eigenvalue weighted by Gasteiger charge is -2.16. The number of hydrogen-bond donors (Lipinski definition) is 2. The molecule has 112 valence electrons. The minimum atomic E-state index is -0.125. The Hall–Kier alpha value is -1.58. The van der Waals surface area contributed by atoms with Gasteiger partial charge in [0.1, 0.15) is 0 Å². The third-order valence-corrected chi connectivity index (χ3v) is 3.16. The standard InChI is InChI=1S/C16H26N2O2/c1-11(2)5-7-17-13-9-16(20)14(10-15(13)19)18-8-6-12(3)4/h9-12,17-18H,5-8H2,1-4H3. The van der Waals surface area contributed by atoms with Gasteiger partial charge in [0.25, 0.3) is 0 Å². The molecule has 0 radical (unpaired) electrons. The third kappa shape index (κ3) is 5.59. The van der Waals surface area contributed by atoms with Crippen molar-refractivity contribution >= 4 is 11.6 Å². The second-order valence-electron chi connectivity index (χ2n) is 6.06. The zero-order chi connectivity index (χ0) is 15.1. The van der Waals surface area contributed by atoms with Gasteiger partial charge in [-0.05, 0) is 24.7 Å². The molecule has 0 bridgehead atoms. The number of carbonyl (C=O) groups excluding carboxylic acids is 2. The first-order valence-electron chi connectivity index (χ1n) is 7.40. The second-order valence-corrected chi connectivity index (χ2v) is 6.06. The van der Waals surface area contributed by atoms with Gasteiger partial charge in [0.2, 0.25) is 11.6 Å². The van der Waals surface area contributed by atoms with Gasteiger partial charge in [0, 0.05) is 25.2 Å². The van der Waals surface area contributed by atoms with Crippen molar-refractivity contribution in [1.29, 1.82) is 0 Å². The molecule has 0 saturated carbocycles. The summed E-state index contributed by atoms with van der Waals surface area (Å²) in [5.74, 6) is 0.892. The molecule has 0 saturated heterocycles. The summed E-state index contributed by atoms with van der Waals surface area (Å²) in [4.78, 5) is 23.8. The molecule has 0 amide bonds. The molecular formula is C16H26N2O2. The van der Waals surface area contributed by atoms with Gasteiger partial charge in [-0.1, -0.05) is 27.7 Å². The van der Waals surface area contributed by atoms with Crippen LogP contribution in [0, 0.1) is 11.8 Å². The van der Waals surface area contributed by atoms with E-state index in [0.717, 1.165) is 12.8 Å². The van der Waals surface area contributed by atoms with Crippen LogP contribution in [0.15, 0.2) is 23.5 Å². The molecule has 0 spiro atoms. The van der Waals surface area contributed by atoms with Crippen LogP contribution in [-0.4, -0.2) is 24.7 Å². The van der Waals surface area contributed by atoms with Crippen LogP contribution in [0.2, 0.25) is 0 Å². The maximum absolute atomic E-state index is 11.9. The number of carbonyl (C=O) groups is 2. The molecular weight excluding hydrogens is 252 g/mol. The van der Waals surface area contributed by atoms with Crippen molar-refractivity contribution in [2.75, 3.05) is 13.1 Å². The smallest absolute Gasteiger partial charge is 0.203 e. The van der Waals surface area contributed by atoms with Gasteiger partial charge in [-0.15, -0.1) is 0 Å². The third-order valence-electron chi connectivity index (χ3n) is 3.16. The molecule has 0 aromatic carbocycles. The number of nitrogens with one attached hydrogen (secondary N) is 2. The van der Waals surface area contributed by atoms with Crippen molar-refractivity contribution in [1.82, 2.24) is 10.6 Å². The highest BCUT2D eigenvalue weighted by Gasteiger charge is 2.19. The van der Waals surface area contributed by atoms with Gasteiger partial charge in [-0.25, -0.2) is 0 Å². The fourth-order valence-corrected chi connectivity index (χ4v) is 1.83. The maximum Gasteiger partial charge on any atom is 0.203 e. The van der Waals surface area contributed by atoms with Crippen LogP contribution in [0.4, 0.5) is 0 Å². The number of rotatable bonds is 8. The lowest BCUT2D eigenvalue weighted by molar-refractivity contribution is -0.115. The lowest BCUT2D eigenvalue weighted by Crippen LogP contribution is -2.30. The monoisotopic (exact) mass is 278 g/mol. The maximum atomic E-state index is 11.9. The fraction of sp³-hybridized carbons (Fsp3) is 0.625. The van der Waals surface area contributed by atoms with Gasteiger partial charge in [0.15, 0.2) is 0 Å². The van der Waals surface area contributed by atoms with Crippen LogP contribution in [0.3, 0.4) is 0 Å². The average molecular weight is 278 g/mol. The SMILES string of the molecule is CC(C)CCNC1=CC(=O)C(NCCC(C)C)=CC1=O. The van der Waals surface area contributed by atoms with E-state index in [4.69, 9.17) is 0 Å². The van der Waals surface area contributed by atoms with Crippen LogP contribution >= 0.6 is 0 Å². The minimum Gasteiger partial charge on any atom is -0.382 e. The first kappa shape index (κ1) is 16.5. The van der Waals surface area contributed by atoms with Crippen LogP contribution < -0.4 is 10.6 Å². The molecule has 0 atom stereocenters. The summed E-state index contributed by atoms with van der Waals surface area (Å²) in [5, 5.41) is 6.09. The van der Waals surface area contributed by atoms with Gasteiger partial charge in [0.05, 0.1) is 11.4 Å². The highest BCUT2D eigenvalue weighted by atomic mass is 16.1. The van der Waals surface area contributed by atoms with Crippen LogP contribution in [0.5, 0.6) is 0 Å². The first-order valence-corrected chi connectivity index (χ1v) is 7.40. The Morgan fingerprint density at radius 2 is 1.15 bits per heavy atom. The van der Waals surface area contributed by atoms with Gasteiger partial charge >= 0.3 is 0 Å². The molecule has 4 heteroatoms. The van der Waals surface area contributed by atoms with E-state index in [9.17, 15) is 9.59 Å². The Balaban J connectivity index is 2.49. The lowest BCUT2D eigenvalue weighted by atomic mass is 10.0. The zero-order valence-corrected chi connectivity index (χ0v) is 13.0. The number of ketones is 2. The van der Waals surface area contributed by atoms with Gasteiger partial charge in [-0.2, -0.15) is 0 Å². The van der Waals surface area contributed by atoms with E-state index in [-0.39, 0.29) is 11.6 Å². The summed E-state index contributed by atoms with van der Waals surface area (Å²) in [6, 6.07) is 0. The van der Waals surface area contributed by atoms with E-state index >= 15 is 0 Å². The predicted octanol–water partition coefficient (Wildman–Crippen LogP) is 2.18. The first-order chi connectivity index (χ1) is 9.40. The molecule has 0 fully saturated rings. The van der Waals surface area contributed by atoms with E-state index in [1.165, 1.54) is 12.2 Å². The summed E-state index contributed by atoms with van der Waals surface area (Å²) in [7, 11) is 0. The van der Waals surface area contributed by atoms with E-state index < -0.39 is 0 Å². The predicted molar refractivity (Wildman–Crippen MR) is 81.1 cm³/mol. The molecule has 4 nitrogen and oxygen atoms in total. The minimum absolute atomic E-state index is 0.125. The van der Waals surface area contributed by atoms with E-state index in [1.807, 2.05) is 0 Å². The average Bonchev–Trinajstić information content (AvgIpc) is 2.33. The number of allylic oxidation sites excluding steroid dienone is 2. The fourth-order valence-electron chi connectivity index (χ4n) is 1.83. The van der Waals surface area contributed by atoms with Crippen LogP contribution in [0.1, 0.15) is 40.5 Å². The summed E-state index contributed by atoms with van der Waals surface area (Å²) < 4.78 is 0. The second kappa shape index (κ2) is 7.88. The quantitative estimate of drug-likeness (QED) is 0.668. The molecule has 0 aromatic heterocycles. The zero-order valence-electron chi connectivity index (χ0n) is 13.0. The summed E-state index contributed by atoms with van der Waals surface area (Å²) in [6.45, 7) is 9.93. The summed E-state index contributed by atoms with van der Waals surface area (Å²) >= 11 is 0. The van der Waals surface area contributed by atoms with Crippen molar-refractivity contribution in [2.45, 2.75) is 40.5 Å².